The number of carbonyl (C=O) groups is 1. The van der Waals surface area contributed by atoms with Gasteiger partial charge in [-0.25, -0.2) is 0 Å². The number of nitrogens with one attached hydrogen (secondary N) is 1. The van der Waals surface area contributed by atoms with E-state index in [-0.39, 0.29) is 5.91 Å². The van der Waals surface area contributed by atoms with Crippen molar-refractivity contribution in [3.63, 3.8) is 0 Å². The molecule has 2 aromatic heterocycles. The molecule has 0 spiro atoms. The van der Waals surface area contributed by atoms with E-state index in [0.29, 0.717) is 5.92 Å². The summed E-state index contributed by atoms with van der Waals surface area (Å²) in [5, 5.41) is 5.16. The van der Waals surface area contributed by atoms with Gasteiger partial charge in [0, 0.05) is 15.9 Å². The molecular formula is C14H18N2OS2. The molecule has 1 aliphatic heterocycles. The van der Waals surface area contributed by atoms with Crippen LogP contribution in [0.5, 0.6) is 0 Å². The van der Waals surface area contributed by atoms with Gasteiger partial charge in [-0.2, -0.15) is 0 Å². The topological polar surface area (TPSA) is 32.3 Å². The fourth-order valence-electron chi connectivity index (χ4n) is 2.47. The quantitative estimate of drug-likeness (QED) is 0.943. The standard InChI is InChI=1S/C14H18N2OS2/c1-16-5-2-10(3-6-16)9-15-14(17)13-8-12-11(19-13)4-7-18-12/h4,7-8,10H,2-3,5-6,9H2,1H3,(H,15,17). The fourth-order valence-corrected chi connectivity index (χ4v) is 4.49. The lowest BCUT2D eigenvalue weighted by molar-refractivity contribution is 0.0943. The molecule has 19 heavy (non-hydrogen) atoms. The number of hydrogen-bond acceptors (Lipinski definition) is 4. The monoisotopic (exact) mass is 294 g/mol. The Kier molecular flexibility index (Phi) is 3.86. The van der Waals surface area contributed by atoms with Crippen LogP contribution in [-0.2, 0) is 0 Å². The molecule has 1 amide bonds. The first kappa shape index (κ1) is 13.1. The van der Waals surface area contributed by atoms with Gasteiger partial charge in [0.1, 0.15) is 0 Å². The summed E-state index contributed by atoms with van der Waals surface area (Å²) in [6, 6.07) is 4.09. The van der Waals surface area contributed by atoms with Gasteiger partial charge < -0.3 is 10.2 Å². The molecule has 0 radical (unpaired) electrons. The van der Waals surface area contributed by atoms with E-state index in [2.05, 4.69) is 28.7 Å². The molecule has 1 fully saturated rings. The number of amides is 1. The SMILES string of the molecule is CN1CCC(CNC(=O)c2cc3sccc3s2)CC1. The normalized spacial score (nSPS) is 17.9. The van der Waals surface area contributed by atoms with E-state index in [9.17, 15) is 4.79 Å². The second-order valence-electron chi connectivity index (χ2n) is 5.22. The molecule has 1 saturated heterocycles. The van der Waals surface area contributed by atoms with E-state index in [1.54, 1.807) is 22.7 Å². The molecule has 3 rings (SSSR count). The van der Waals surface area contributed by atoms with Crippen LogP contribution in [0.25, 0.3) is 9.40 Å². The van der Waals surface area contributed by atoms with E-state index in [0.717, 1.165) is 24.5 Å². The van der Waals surface area contributed by atoms with E-state index in [1.165, 1.54) is 22.2 Å². The molecule has 3 nitrogen and oxygen atoms in total. The van der Waals surface area contributed by atoms with Crippen LogP contribution in [-0.4, -0.2) is 37.5 Å². The lowest BCUT2D eigenvalue weighted by Crippen LogP contribution is -2.36. The van der Waals surface area contributed by atoms with Crippen LogP contribution in [0.15, 0.2) is 17.5 Å². The van der Waals surface area contributed by atoms with Crippen LogP contribution >= 0.6 is 22.7 Å². The highest BCUT2D eigenvalue weighted by molar-refractivity contribution is 7.27. The third-order valence-corrected chi connectivity index (χ3v) is 5.84. The number of piperidine rings is 1. The van der Waals surface area contributed by atoms with Crippen molar-refractivity contribution < 1.29 is 4.79 Å². The number of nitrogens with zero attached hydrogens (tertiary/aromatic N) is 1. The van der Waals surface area contributed by atoms with Gasteiger partial charge in [-0.05, 0) is 56.4 Å². The molecule has 0 bridgehead atoms. The van der Waals surface area contributed by atoms with Crippen molar-refractivity contribution in [2.24, 2.45) is 5.92 Å². The van der Waals surface area contributed by atoms with E-state index >= 15 is 0 Å². The summed E-state index contributed by atoms with van der Waals surface area (Å²) in [5.41, 5.74) is 0. The molecule has 5 heteroatoms. The molecule has 0 aromatic carbocycles. The molecule has 0 saturated carbocycles. The van der Waals surface area contributed by atoms with Crippen molar-refractivity contribution >= 4 is 38.0 Å². The summed E-state index contributed by atoms with van der Waals surface area (Å²) in [7, 11) is 2.16. The maximum Gasteiger partial charge on any atom is 0.261 e. The minimum atomic E-state index is 0.0901. The van der Waals surface area contributed by atoms with E-state index in [1.807, 2.05) is 6.07 Å². The van der Waals surface area contributed by atoms with Crippen molar-refractivity contribution in [3.8, 4) is 0 Å². The van der Waals surface area contributed by atoms with Gasteiger partial charge in [-0.3, -0.25) is 4.79 Å². The highest BCUT2D eigenvalue weighted by atomic mass is 32.1. The number of likely N-dealkylation sites (tertiary alicyclic amines) is 1. The molecule has 0 unspecified atom stereocenters. The average molecular weight is 294 g/mol. The molecule has 102 valence electrons. The Balaban J connectivity index is 1.55. The predicted molar refractivity (Wildman–Crippen MR) is 82.3 cm³/mol. The highest BCUT2D eigenvalue weighted by Gasteiger charge is 2.18. The van der Waals surface area contributed by atoms with Crippen LogP contribution in [0.1, 0.15) is 22.5 Å². The minimum absolute atomic E-state index is 0.0901. The maximum absolute atomic E-state index is 12.1. The number of fused-ring (bicyclic) bond motifs is 1. The number of rotatable bonds is 3. The molecule has 2 aromatic rings. The zero-order chi connectivity index (χ0) is 13.2. The van der Waals surface area contributed by atoms with Crippen molar-refractivity contribution in [2.45, 2.75) is 12.8 Å². The summed E-state index contributed by atoms with van der Waals surface area (Å²) in [4.78, 5) is 15.3. The third kappa shape index (κ3) is 2.99. The summed E-state index contributed by atoms with van der Waals surface area (Å²) in [6.07, 6.45) is 2.38. The molecule has 3 heterocycles. The van der Waals surface area contributed by atoms with Gasteiger partial charge in [0.25, 0.3) is 5.91 Å². The number of hydrogen-bond donors (Lipinski definition) is 1. The van der Waals surface area contributed by atoms with Crippen molar-refractivity contribution in [2.75, 3.05) is 26.7 Å². The maximum atomic E-state index is 12.1. The number of thiophene rings is 2. The summed E-state index contributed by atoms with van der Waals surface area (Å²) < 4.78 is 2.43. The molecule has 1 N–H and O–H groups in total. The first-order chi connectivity index (χ1) is 9.22. The Hall–Kier alpha value is -0.910. The summed E-state index contributed by atoms with van der Waals surface area (Å²) in [5.74, 6) is 0.730. The van der Waals surface area contributed by atoms with Gasteiger partial charge >= 0.3 is 0 Å². The molecule has 0 aliphatic carbocycles. The minimum Gasteiger partial charge on any atom is -0.351 e. The molecular weight excluding hydrogens is 276 g/mol. The lowest BCUT2D eigenvalue weighted by atomic mass is 9.97. The lowest BCUT2D eigenvalue weighted by Gasteiger charge is -2.28. The predicted octanol–water partition coefficient (Wildman–Crippen LogP) is 3.03. The largest absolute Gasteiger partial charge is 0.351 e. The first-order valence-corrected chi connectivity index (χ1v) is 8.36. The van der Waals surface area contributed by atoms with Crippen LogP contribution in [0.3, 0.4) is 0 Å². The second-order valence-corrected chi connectivity index (χ2v) is 7.25. The van der Waals surface area contributed by atoms with Gasteiger partial charge in [0.05, 0.1) is 4.88 Å². The Labute approximate surface area is 121 Å². The Morgan fingerprint density at radius 3 is 2.95 bits per heavy atom. The van der Waals surface area contributed by atoms with Gasteiger partial charge in [0.15, 0.2) is 0 Å². The van der Waals surface area contributed by atoms with Crippen LogP contribution in [0.4, 0.5) is 0 Å². The molecule has 1 aliphatic rings. The van der Waals surface area contributed by atoms with Crippen LogP contribution in [0, 0.1) is 5.92 Å². The average Bonchev–Trinajstić information content (AvgIpc) is 2.98. The van der Waals surface area contributed by atoms with Crippen molar-refractivity contribution in [3.05, 3.63) is 22.4 Å². The van der Waals surface area contributed by atoms with Gasteiger partial charge in [-0.15, -0.1) is 22.7 Å². The van der Waals surface area contributed by atoms with Gasteiger partial charge in [-0.1, -0.05) is 0 Å². The smallest absolute Gasteiger partial charge is 0.261 e. The van der Waals surface area contributed by atoms with E-state index < -0.39 is 0 Å². The fraction of sp³-hybridized carbons (Fsp3) is 0.500. The van der Waals surface area contributed by atoms with E-state index in [4.69, 9.17) is 0 Å². The summed E-state index contributed by atoms with van der Waals surface area (Å²) >= 11 is 3.29. The first-order valence-electron chi connectivity index (χ1n) is 6.66. The van der Waals surface area contributed by atoms with Crippen LogP contribution in [0.2, 0.25) is 0 Å². The van der Waals surface area contributed by atoms with Crippen LogP contribution < -0.4 is 5.32 Å². The summed E-state index contributed by atoms with van der Waals surface area (Å²) in [6.45, 7) is 3.11. The third-order valence-electron chi connectivity index (χ3n) is 3.75. The van der Waals surface area contributed by atoms with Crippen molar-refractivity contribution in [1.82, 2.24) is 10.2 Å². The Morgan fingerprint density at radius 2 is 2.21 bits per heavy atom. The number of carbonyl (C=O) groups excluding carboxylic acids is 1. The zero-order valence-electron chi connectivity index (χ0n) is 11.0. The zero-order valence-corrected chi connectivity index (χ0v) is 12.6. The Morgan fingerprint density at radius 1 is 1.42 bits per heavy atom. The van der Waals surface area contributed by atoms with Crippen molar-refractivity contribution in [1.29, 1.82) is 0 Å². The van der Waals surface area contributed by atoms with Gasteiger partial charge in [0.2, 0.25) is 0 Å². The second kappa shape index (κ2) is 5.61. The Bertz CT molecular complexity index is 538. The highest BCUT2D eigenvalue weighted by Crippen LogP contribution is 2.29. The molecule has 0 atom stereocenters.